The number of benzene rings is 1. The quantitative estimate of drug-likeness (QED) is 0.304. The Hall–Kier alpha value is -1.42. The van der Waals surface area contributed by atoms with Gasteiger partial charge < -0.3 is 16.0 Å². The summed E-state index contributed by atoms with van der Waals surface area (Å²) >= 11 is 5.90. The van der Waals surface area contributed by atoms with Gasteiger partial charge in [0.2, 0.25) is 0 Å². The summed E-state index contributed by atoms with van der Waals surface area (Å²) in [5, 5.41) is 21.2. The Morgan fingerprint density at radius 3 is 2.71 bits per heavy atom. The monoisotopic (exact) mass is 214 g/mol. The highest BCUT2D eigenvalue weighted by molar-refractivity contribution is 6.31. The molecule has 5 heteroatoms. The molecule has 0 bridgehead atoms. The zero-order valence-electron chi connectivity index (χ0n) is 7.66. The molecule has 1 aromatic carbocycles. The highest BCUT2D eigenvalue weighted by Crippen LogP contribution is 2.26. The molecule has 4 N–H and O–H groups in total. The number of phenolic OH excluding ortho intramolecular Hbond substituents is 1. The number of hydrogen-bond acceptors (Lipinski definition) is 3. The van der Waals surface area contributed by atoms with Gasteiger partial charge in [-0.05, 0) is 24.1 Å². The van der Waals surface area contributed by atoms with Gasteiger partial charge in [-0.2, -0.15) is 0 Å². The fourth-order valence-electron chi connectivity index (χ4n) is 1.14. The van der Waals surface area contributed by atoms with Crippen molar-refractivity contribution >= 4 is 17.4 Å². The second-order valence-electron chi connectivity index (χ2n) is 2.80. The van der Waals surface area contributed by atoms with E-state index in [1.165, 1.54) is 12.1 Å². The summed E-state index contributed by atoms with van der Waals surface area (Å²) in [4.78, 5) is 0. The van der Waals surface area contributed by atoms with Crippen molar-refractivity contribution in [3.63, 3.8) is 0 Å². The molecule has 0 spiro atoms. The number of halogens is 1. The van der Waals surface area contributed by atoms with E-state index in [1.54, 1.807) is 0 Å². The molecule has 76 valence electrons. The Bertz CT molecular complexity index is 377. The summed E-state index contributed by atoms with van der Waals surface area (Å²) in [5.74, 6) is -0.200. The van der Waals surface area contributed by atoms with E-state index >= 15 is 0 Å². The lowest BCUT2D eigenvalue weighted by Gasteiger charge is -2.06. The third kappa shape index (κ3) is 1.90. The topological polar surface area (TPSA) is 78.8 Å². The number of aromatic hydroxyl groups is 1. The van der Waals surface area contributed by atoms with Crippen LogP contribution in [0.15, 0.2) is 17.3 Å². The van der Waals surface area contributed by atoms with Gasteiger partial charge >= 0.3 is 0 Å². The summed E-state index contributed by atoms with van der Waals surface area (Å²) in [6, 6.07) is 2.99. The summed E-state index contributed by atoms with van der Waals surface area (Å²) in [6.07, 6.45) is 0.711. The van der Waals surface area contributed by atoms with Crippen LogP contribution in [-0.4, -0.2) is 16.1 Å². The van der Waals surface area contributed by atoms with E-state index in [0.29, 0.717) is 11.4 Å². The van der Waals surface area contributed by atoms with Crippen molar-refractivity contribution in [1.82, 2.24) is 0 Å². The number of hydrogen-bond donors (Lipinski definition) is 3. The molecule has 0 aromatic heterocycles. The molecule has 1 rings (SSSR count). The van der Waals surface area contributed by atoms with Crippen LogP contribution in [0.1, 0.15) is 18.1 Å². The van der Waals surface area contributed by atoms with Gasteiger partial charge in [-0.15, -0.1) is 0 Å². The Balaban J connectivity index is 3.29. The number of aryl methyl sites for hydroxylation is 1. The molecule has 0 unspecified atom stereocenters. The molecule has 0 atom stereocenters. The maximum absolute atomic E-state index is 9.52. The summed E-state index contributed by atoms with van der Waals surface area (Å²) < 4.78 is 0. The molecule has 0 saturated carbocycles. The van der Waals surface area contributed by atoms with Gasteiger partial charge in [0.1, 0.15) is 5.75 Å². The number of nitrogens with zero attached hydrogens (tertiary/aromatic N) is 1. The van der Waals surface area contributed by atoms with Crippen molar-refractivity contribution in [2.75, 3.05) is 0 Å². The molecule has 14 heavy (non-hydrogen) atoms. The smallest absolute Gasteiger partial charge is 0.173 e. The minimum absolute atomic E-state index is 0.0402. The highest BCUT2D eigenvalue weighted by Gasteiger charge is 2.10. The van der Waals surface area contributed by atoms with Crippen LogP contribution in [0.25, 0.3) is 0 Å². The van der Waals surface area contributed by atoms with Crippen molar-refractivity contribution in [2.24, 2.45) is 10.9 Å². The maximum Gasteiger partial charge on any atom is 0.173 e. The normalized spacial score (nSPS) is 11.7. The third-order valence-electron chi connectivity index (χ3n) is 1.93. The molecular weight excluding hydrogens is 204 g/mol. The molecule has 0 aliphatic heterocycles. The van der Waals surface area contributed by atoms with Crippen LogP contribution in [-0.2, 0) is 6.42 Å². The lowest BCUT2D eigenvalue weighted by Crippen LogP contribution is -2.13. The van der Waals surface area contributed by atoms with Crippen LogP contribution >= 0.6 is 11.6 Å². The van der Waals surface area contributed by atoms with Crippen LogP contribution in [0, 0.1) is 0 Å². The van der Waals surface area contributed by atoms with Gasteiger partial charge in [0.05, 0.1) is 5.56 Å². The summed E-state index contributed by atoms with van der Waals surface area (Å²) in [5.41, 5.74) is 6.39. The van der Waals surface area contributed by atoms with E-state index in [4.69, 9.17) is 22.5 Å². The average Bonchev–Trinajstić information content (AvgIpc) is 2.19. The number of rotatable bonds is 2. The Labute approximate surface area is 86.6 Å². The fraction of sp³-hybridized carbons (Fsp3) is 0.222. The fourth-order valence-corrected chi connectivity index (χ4v) is 1.43. The summed E-state index contributed by atoms with van der Waals surface area (Å²) in [7, 11) is 0. The first-order valence-electron chi connectivity index (χ1n) is 4.09. The molecule has 1 aromatic rings. The van der Waals surface area contributed by atoms with Crippen LogP contribution in [0.3, 0.4) is 0 Å². The predicted molar refractivity (Wildman–Crippen MR) is 55.0 cm³/mol. The zero-order chi connectivity index (χ0) is 10.7. The lowest BCUT2D eigenvalue weighted by molar-refractivity contribution is 0.318. The average molecular weight is 215 g/mol. The number of phenols is 1. The number of amidine groups is 1. The van der Waals surface area contributed by atoms with Gasteiger partial charge in [0.15, 0.2) is 5.84 Å². The molecule has 0 aliphatic carbocycles. The van der Waals surface area contributed by atoms with Crippen molar-refractivity contribution in [3.8, 4) is 5.75 Å². The minimum atomic E-state index is -0.160. The van der Waals surface area contributed by atoms with Crippen molar-refractivity contribution in [1.29, 1.82) is 0 Å². The first-order chi connectivity index (χ1) is 6.60. The standard InChI is InChI=1S/C9H11ClN2O2/c1-2-5-3-8(13)6(4-7(5)10)9(11)12-14/h3-4,13-14H,2H2,1H3,(H2,11,12). The van der Waals surface area contributed by atoms with E-state index in [9.17, 15) is 5.11 Å². The van der Waals surface area contributed by atoms with Gasteiger partial charge in [-0.25, -0.2) is 0 Å². The second-order valence-corrected chi connectivity index (χ2v) is 3.21. The molecule has 0 saturated heterocycles. The van der Waals surface area contributed by atoms with Crippen LogP contribution in [0.2, 0.25) is 5.02 Å². The molecule has 0 amide bonds. The van der Waals surface area contributed by atoms with Crippen LogP contribution < -0.4 is 5.73 Å². The first kappa shape index (κ1) is 10.7. The predicted octanol–water partition coefficient (Wildman–Crippen LogP) is 1.70. The maximum atomic E-state index is 9.52. The van der Waals surface area contributed by atoms with Gasteiger partial charge in [-0.1, -0.05) is 23.7 Å². The van der Waals surface area contributed by atoms with E-state index < -0.39 is 0 Å². The summed E-state index contributed by atoms with van der Waals surface area (Å²) in [6.45, 7) is 1.92. The third-order valence-corrected chi connectivity index (χ3v) is 2.28. The number of oxime groups is 1. The molecular formula is C9H11ClN2O2. The van der Waals surface area contributed by atoms with E-state index in [2.05, 4.69) is 5.16 Å². The molecule has 0 fully saturated rings. The second kappa shape index (κ2) is 4.19. The molecule has 0 heterocycles. The molecule has 0 aliphatic rings. The Morgan fingerprint density at radius 2 is 2.21 bits per heavy atom. The highest BCUT2D eigenvalue weighted by atomic mass is 35.5. The Kier molecular flexibility index (Phi) is 3.19. The van der Waals surface area contributed by atoms with Crippen LogP contribution in [0.5, 0.6) is 5.75 Å². The zero-order valence-corrected chi connectivity index (χ0v) is 8.41. The van der Waals surface area contributed by atoms with Crippen molar-refractivity contribution in [2.45, 2.75) is 13.3 Å². The largest absolute Gasteiger partial charge is 0.507 e. The first-order valence-corrected chi connectivity index (χ1v) is 4.47. The van der Waals surface area contributed by atoms with Crippen LogP contribution in [0.4, 0.5) is 0 Å². The lowest BCUT2D eigenvalue weighted by atomic mass is 10.1. The van der Waals surface area contributed by atoms with E-state index in [-0.39, 0.29) is 17.1 Å². The molecule has 4 nitrogen and oxygen atoms in total. The number of nitrogens with two attached hydrogens (primary N) is 1. The van der Waals surface area contributed by atoms with Gasteiger partial charge in [-0.3, -0.25) is 0 Å². The van der Waals surface area contributed by atoms with Gasteiger partial charge in [0.25, 0.3) is 0 Å². The van der Waals surface area contributed by atoms with E-state index in [0.717, 1.165) is 5.56 Å². The van der Waals surface area contributed by atoms with E-state index in [1.807, 2.05) is 6.92 Å². The van der Waals surface area contributed by atoms with Crippen molar-refractivity contribution in [3.05, 3.63) is 28.3 Å². The Morgan fingerprint density at radius 1 is 1.57 bits per heavy atom. The van der Waals surface area contributed by atoms with Gasteiger partial charge in [0, 0.05) is 5.02 Å². The van der Waals surface area contributed by atoms with Crippen molar-refractivity contribution < 1.29 is 10.3 Å². The minimum Gasteiger partial charge on any atom is -0.507 e. The molecule has 0 radical (unpaired) electrons. The SMILES string of the molecule is CCc1cc(O)c(/C(N)=N\O)cc1Cl.